The van der Waals surface area contributed by atoms with Crippen molar-refractivity contribution in [1.29, 1.82) is 0 Å². The summed E-state index contributed by atoms with van der Waals surface area (Å²) in [5.74, 6) is -1.53. The Hall–Kier alpha value is -1.58. The third-order valence-electron chi connectivity index (χ3n) is 7.47. The van der Waals surface area contributed by atoms with Crippen LogP contribution in [0.2, 0.25) is 0 Å². The van der Waals surface area contributed by atoms with Gasteiger partial charge in [0.15, 0.2) is 11.6 Å². The van der Waals surface area contributed by atoms with E-state index in [0.717, 1.165) is 63.3 Å². The second-order valence-corrected chi connectivity index (χ2v) is 11.7. The fourth-order valence-electron chi connectivity index (χ4n) is 5.50. The molecular weight excluding hydrogens is 448 g/mol. The highest BCUT2D eigenvalue weighted by Gasteiger charge is 2.34. The van der Waals surface area contributed by atoms with Crippen molar-refractivity contribution in [1.82, 2.24) is 14.1 Å². The first-order valence-corrected chi connectivity index (χ1v) is 13.7. The minimum Gasteiger partial charge on any atom is -0.341 e. The third kappa shape index (κ3) is 5.92. The molecule has 3 aliphatic rings. The molecule has 0 atom stereocenters. The predicted molar refractivity (Wildman–Crippen MR) is 122 cm³/mol. The minimum absolute atomic E-state index is 0.124. The van der Waals surface area contributed by atoms with E-state index in [1.54, 1.807) is 0 Å². The molecular formula is C24H35F2N3O3S. The van der Waals surface area contributed by atoms with Crippen LogP contribution in [0.1, 0.15) is 51.4 Å². The van der Waals surface area contributed by atoms with Crippen LogP contribution in [0.4, 0.5) is 8.78 Å². The van der Waals surface area contributed by atoms with Gasteiger partial charge in [-0.05, 0) is 62.8 Å². The highest BCUT2D eigenvalue weighted by Crippen LogP contribution is 2.27. The van der Waals surface area contributed by atoms with Gasteiger partial charge in [-0.1, -0.05) is 19.3 Å². The molecule has 1 amide bonds. The maximum Gasteiger partial charge on any atom is 0.243 e. The molecule has 1 aromatic rings. The van der Waals surface area contributed by atoms with Crippen LogP contribution in [0.3, 0.4) is 0 Å². The van der Waals surface area contributed by atoms with Crippen LogP contribution in [-0.2, 0) is 14.8 Å². The largest absolute Gasteiger partial charge is 0.341 e. The molecule has 2 heterocycles. The molecule has 9 heteroatoms. The van der Waals surface area contributed by atoms with Gasteiger partial charge in [0.2, 0.25) is 15.9 Å². The van der Waals surface area contributed by atoms with Crippen molar-refractivity contribution in [3.8, 4) is 0 Å². The predicted octanol–water partition coefficient (Wildman–Crippen LogP) is 3.48. The van der Waals surface area contributed by atoms with E-state index in [4.69, 9.17) is 0 Å². The maximum atomic E-state index is 13.5. The van der Waals surface area contributed by atoms with E-state index in [0.29, 0.717) is 12.8 Å². The highest BCUT2D eigenvalue weighted by atomic mass is 32.2. The number of sulfonamides is 1. The van der Waals surface area contributed by atoms with E-state index >= 15 is 0 Å². The lowest BCUT2D eigenvalue weighted by Gasteiger charge is -2.33. The number of rotatable bonds is 5. The Labute approximate surface area is 196 Å². The Morgan fingerprint density at radius 3 is 2.27 bits per heavy atom. The molecule has 0 N–H and O–H groups in total. The van der Waals surface area contributed by atoms with E-state index in [1.807, 2.05) is 4.90 Å². The summed E-state index contributed by atoms with van der Waals surface area (Å²) in [4.78, 5) is 17.4. The molecule has 0 bridgehead atoms. The van der Waals surface area contributed by atoms with Gasteiger partial charge in [-0.2, -0.15) is 4.31 Å². The summed E-state index contributed by atoms with van der Waals surface area (Å²) in [6.45, 7) is 4.99. The molecule has 3 fully saturated rings. The Morgan fingerprint density at radius 2 is 1.58 bits per heavy atom. The van der Waals surface area contributed by atoms with Gasteiger partial charge in [0.25, 0.3) is 0 Å². The molecule has 184 valence electrons. The zero-order valence-electron chi connectivity index (χ0n) is 19.2. The molecule has 4 rings (SSSR count). The van der Waals surface area contributed by atoms with Gasteiger partial charge < -0.3 is 9.80 Å². The molecule has 1 aliphatic carbocycles. The topological polar surface area (TPSA) is 60.9 Å². The number of benzene rings is 1. The summed E-state index contributed by atoms with van der Waals surface area (Å²) in [6.07, 6.45) is 8.56. The molecule has 0 aromatic heterocycles. The van der Waals surface area contributed by atoms with Crippen molar-refractivity contribution < 1.29 is 22.0 Å². The second kappa shape index (κ2) is 10.8. The maximum absolute atomic E-state index is 13.5. The Kier molecular flexibility index (Phi) is 8.02. The smallest absolute Gasteiger partial charge is 0.243 e. The zero-order valence-corrected chi connectivity index (χ0v) is 20.0. The van der Waals surface area contributed by atoms with Crippen LogP contribution in [0.15, 0.2) is 23.1 Å². The number of hydrogen-bond acceptors (Lipinski definition) is 4. The van der Waals surface area contributed by atoms with Crippen molar-refractivity contribution in [2.75, 3.05) is 45.8 Å². The molecule has 0 spiro atoms. The molecule has 33 heavy (non-hydrogen) atoms. The average molecular weight is 484 g/mol. The number of amides is 1. The third-order valence-corrected chi connectivity index (χ3v) is 9.37. The molecule has 6 nitrogen and oxygen atoms in total. The summed E-state index contributed by atoms with van der Waals surface area (Å²) >= 11 is 0. The summed E-state index contributed by atoms with van der Waals surface area (Å²) in [7, 11) is -3.91. The fraction of sp³-hybridized carbons (Fsp3) is 0.708. The van der Waals surface area contributed by atoms with Crippen LogP contribution in [-0.4, -0.2) is 74.2 Å². The number of carbonyl (C=O) groups excluding carboxylic acids is 1. The van der Waals surface area contributed by atoms with Crippen LogP contribution in [0.5, 0.6) is 0 Å². The number of halogens is 2. The van der Waals surface area contributed by atoms with E-state index in [2.05, 4.69) is 4.90 Å². The van der Waals surface area contributed by atoms with E-state index in [1.165, 1.54) is 36.4 Å². The van der Waals surface area contributed by atoms with Gasteiger partial charge in [-0.25, -0.2) is 17.2 Å². The highest BCUT2D eigenvalue weighted by molar-refractivity contribution is 7.89. The van der Waals surface area contributed by atoms with Crippen LogP contribution in [0, 0.1) is 23.5 Å². The lowest BCUT2D eigenvalue weighted by Crippen LogP contribution is -2.45. The van der Waals surface area contributed by atoms with Crippen LogP contribution >= 0.6 is 0 Å². The van der Waals surface area contributed by atoms with Crippen LogP contribution in [0.25, 0.3) is 0 Å². The Bertz CT molecular complexity index is 929. The number of hydrogen-bond donors (Lipinski definition) is 0. The first-order valence-electron chi connectivity index (χ1n) is 12.3. The van der Waals surface area contributed by atoms with Crippen molar-refractivity contribution >= 4 is 15.9 Å². The van der Waals surface area contributed by atoms with Gasteiger partial charge in [0, 0.05) is 45.2 Å². The van der Waals surface area contributed by atoms with Crippen molar-refractivity contribution in [3.63, 3.8) is 0 Å². The van der Waals surface area contributed by atoms with Crippen molar-refractivity contribution in [2.24, 2.45) is 11.8 Å². The molecule has 0 radical (unpaired) electrons. The summed E-state index contributed by atoms with van der Waals surface area (Å²) < 4.78 is 53.6. The Morgan fingerprint density at radius 1 is 0.848 bits per heavy atom. The molecule has 0 unspecified atom stereocenters. The summed E-state index contributed by atoms with van der Waals surface area (Å²) in [6, 6.07) is 2.63. The SMILES string of the molecule is O=C(C1CCN(S(=O)(=O)c2ccc(F)c(F)c2)CC1)N1CCCN(CC2CCCCC2)CC1. The number of carbonyl (C=O) groups is 1. The number of piperidine rings is 1. The molecule has 1 aromatic carbocycles. The van der Waals surface area contributed by atoms with E-state index < -0.39 is 21.7 Å². The monoisotopic (exact) mass is 483 g/mol. The van der Waals surface area contributed by atoms with E-state index in [-0.39, 0.29) is 29.8 Å². The molecule has 2 aliphatic heterocycles. The van der Waals surface area contributed by atoms with Gasteiger partial charge in [-0.15, -0.1) is 0 Å². The minimum atomic E-state index is -3.91. The summed E-state index contributed by atoms with van der Waals surface area (Å²) in [5, 5.41) is 0. The van der Waals surface area contributed by atoms with Crippen molar-refractivity contribution in [2.45, 2.75) is 56.3 Å². The quantitative estimate of drug-likeness (QED) is 0.644. The van der Waals surface area contributed by atoms with Crippen molar-refractivity contribution in [3.05, 3.63) is 29.8 Å². The normalized spacial score (nSPS) is 22.9. The lowest BCUT2D eigenvalue weighted by molar-refractivity contribution is -0.136. The van der Waals surface area contributed by atoms with Gasteiger partial charge in [0.1, 0.15) is 0 Å². The van der Waals surface area contributed by atoms with Gasteiger partial charge in [-0.3, -0.25) is 4.79 Å². The van der Waals surface area contributed by atoms with Crippen LogP contribution < -0.4 is 0 Å². The fourth-order valence-corrected chi connectivity index (χ4v) is 6.98. The zero-order chi connectivity index (χ0) is 23.4. The first kappa shape index (κ1) is 24.5. The number of nitrogens with zero attached hydrogens (tertiary/aromatic N) is 3. The Balaban J connectivity index is 1.28. The van der Waals surface area contributed by atoms with Gasteiger partial charge >= 0.3 is 0 Å². The standard InChI is InChI=1S/C24H35F2N3O3S/c25-22-8-7-21(17-23(22)26)33(31,32)29-13-9-20(10-14-29)24(30)28-12-4-11-27(15-16-28)18-19-5-2-1-3-6-19/h7-8,17,19-20H,1-6,9-16,18H2. The van der Waals surface area contributed by atoms with E-state index in [9.17, 15) is 22.0 Å². The first-order chi connectivity index (χ1) is 15.8. The second-order valence-electron chi connectivity index (χ2n) is 9.74. The average Bonchev–Trinajstić information content (AvgIpc) is 3.06. The van der Waals surface area contributed by atoms with Gasteiger partial charge in [0.05, 0.1) is 4.90 Å². The summed E-state index contributed by atoms with van der Waals surface area (Å²) in [5.41, 5.74) is 0. The molecule has 2 saturated heterocycles. The lowest BCUT2D eigenvalue weighted by atomic mass is 9.89. The molecule has 1 saturated carbocycles.